The van der Waals surface area contributed by atoms with E-state index in [4.69, 9.17) is 15.6 Å². The summed E-state index contributed by atoms with van der Waals surface area (Å²) in [4.78, 5) is 11.9. The summed E-state index contributed by atoms with van der Waals surface area (Å²) in [6.07, 6.45) is 6.58. The minimum absolute atomic E-state index is 0.196. The molecule has 0 aliphatic heterocycles. The summed E-state index contributed by atoms with van der Waals surface area (Å²) in [5.41, 5.74) is 0.735. The number of amides is 1. The van der Waals surface area contributed by atoms with Crippen LogP contribution in [-0.2, 0) is 0 Å². The second-order valence-corrected chi connectivity index (χ2v) is 4.20. The first-order valence-corrected chi connectivity index (χ1v) is 6.17. The molecule has 1 aromatic carbocycles. The molecule has 0 aliphatic carbocycles. The predicted octanol–water partition coefficient (Wildman–Crippen LogP) is 2.42. The Labute approximate surface area is 120 Å². The van der Waals surface area contributed by atoms with E-state index in [1.54, 1.807) is 30.3 Å². The zero-order chi connectivity index (χ0) is 14.7. The number of benzene rings is 1. The molecule has 1 amide bonds. The third-order valence-corrected chi connectivity index (χ3v) is 2.83. The van der Waals surface area contributed by atoms with Crippen molar-refractivity contribution in [1.82, 2.24) is 10.2 Å². The van der Waals surface area contributed by atoms with E-state index in [2.05, 4.69) is 21.4 Å². The van der Waals surface area contributed by atoms with E-state index in [1.165, 1.54) is 6.26 Å². The van der Waals surface area contributed by atoms with Crippen LogP contribution in [0.2, 0.25) is 0 Å². The lowest BCUT2D eigenvalue weighted by atomic mass is 10.2. The van der Waals surface area contributed by atoms with Gasteiger partial charge in [0.1, 0.15) is 12.4 Å². The van der Waals surface area contributed by atoms with Crippen molar-refractivity contribution >= 4 is 22.6 Å². The van der Waals surface area contributed by atoms with Gasteiger partial charge in [0, 0.05) is 11.5 Å². The summed E-state index contributed by atoms with van der Waals surface area (Å²) in [6.45, 7) is 0.196. The molecule has 2 N–H and O–H groups in total. The fourth-order valence-corrected chi connectivity index (χ4v) is 1.89. The average molecular weight is 281 g/mol. The highest BCUT2D eigenvalue weighted by molar-refractivity contribution is 6.06. The molecule has 0 unspecified atom stereocenters. The summed E-state index contributed by atoms with van der Waals surface area (Å²) in [5.74, 6) is 3.32. The number of nitrogens with zero attached hydrogens (tertiary/aromatic N) is 1. The zero-order valence-corrected chi connectivity index (χ0v) is 10.9. The highest BCUT2D eigenvalue weighted by atomic mass is 16.5. The predicted molar refractivity (Wildman–Crippen MR) is 77.1 cm³/mol. The average Bonchev–Trinajstić information content (AvgIpc) is 3.15. The number of hydrogen-bond donors (Lipinski definition) is 2. The number of ether oxygens (including phenoxy) is 1. The van der Waals surface area contributed by atoms with Gasteiger partial charge >= 0.3 is 0 Å². The van der Waals surface area contributed by atoms with E-state index in [1.807, 2.05) is 0 Å². The number of aromatic nitrogens is 2. The minimum atomic E-state index is -0.360. The van der Waals surface area contributed by atoms with Crippen molar-refractivity contribution in [2.45, 2.75) is 0 Å². The first-order chi connectivity index (χ1) is 10.3. The summed E-state index contributed by atoms with van der Waals surface area (Å²) >= 11 is 0. The molecule has 3 aromatic rings. The SMILES string of the molecule is C#CCOc1ccc2c(NC(=O)c3ccco3)n[nH]c2c1. The maximum atomic E-state index is 11.9. The molecule has 6 nitrogen and oxygen atoms in total. The van der Waals surface area contributed by atoms with Crippen molar-refractivity contribution in [2.24, 2.45) is 0 Å². The molecule has 3 rings (SSSR count). The van der Waals surface area contributed by atoms with E-state index < -0.39 is 0 Å². The molecule has 0 saturated carbocycles. The number of fused-ring (bicyclic) bond motifs is 1. The first kappa shape index (κ1) is 12.8. The van der Waals surface area contributed by atoms with Crippen LogP contribution in [0.3, 0.4) is 0 Å². The van der Waals surface area contributed by atoms with Crippen LogP contribution in [0.25, 0.3) is 10.9 Å². The number of terminal acetylenes is 1. The van der Waals surface area contributed by atoms with Gasteiger partial charge in [-0.05, 0) is 24.3 Å². The van der Waals surface area contributed by atoms with Gasteiger partial charge in [-0.3, -0.25) is 9.89 Å². The Morgan fingerprint density at radius 3 is 3.14 bits per heavy atom. The molecule has 6 heteroatoms. The monoisotopic (exact) mass is 281 g/mol. The van der Waals surface area contributed by atoms with Gasteiger partial charge in [0.05, 0.1) is 11.8 Å². The van der Waals surface area contributed by atoms with Gasteiger partial charge in [-0.25, -0.2) is 0 Å². The van der Waals surface area contributed by atoms with E-state index >= 15 is 0 Å². The van der Waals surface area contributed by atoms with Crippen LogP contribution in [0, 0.1) is 12.3 Å². The van der Waals surface area contributed by atoms with E-state index in [-0.39, 0.29) is 18.3 Å². The van der Waals surface area contributed by atoms with Gasteiger partial charge in [0.2, 0.25) is 0 Å². The molecule has 0 radical (unpaired) electrons. The standard InChI is InChI=1S/C15H11N3O3/c1-2-7-20-10-5-6-11-12(9-10)17-18-14(11)16-15(19)13-4-3-8-21-13/h1,3-6,8-9H,7H2,(H2,16,17,18,19). The Balaban J connectivity index is 1.84. The molecule has 2 heterocycles. The summed E-state index contributed by atoms with van der Waals surface area (Å²) in [5, 5.41) is 10.3. The van der Waals surface area contributed by atoms with Crippen molar-refractivity contribution in [3.63, 3.8) is 0 Å². The zero-order valence-electron chi connectivity index (χ0n) is 10.9. The van der Waals surface area contributed by atoms with E-state index in [0.29, 0.717) is 11.6 Å². The fraction of sp³-hybridized carbons (Fsp3) is 0.0667. The van der Waals surface area contributed by atoms with Gasteiger partial charge in [-0.1, -0.05) is 5.92 Å². The molecule has 0 saturated heterocycles. The quantitative estimate of drug-likeness (QED) is 0.720. The Kier molecular flexibility index (Phi) is 3.31. The maximum absolute atomic E-state index is 11.9. The number of rotatable bonds is 4. The summed E-state index contributed by atoms with van der Waals surface area (Å²) < 4.78 is 10.4. The number of furan rings is 1. The molecule has 0 fully saturated rings. The number of nitrogens with one attached hydrogen (secondary N) is 2. The fourth-order valence-electron chi connectivity index (χ4n) is 1.89. The van der Waals surface area contributed by atoms with E-state index in [0.717, 1.165) is 10.9 Å². The molecule has 0 atom stereocenters. The molecule has 104 valence electrons. The van der Waals surface area contributed by atoms with Gasteiger partial charge in [-0.2, -0.15) is 5.10 Å². The van der Waals surface area contributed by atoms with Crippen molar-refractivity contribution in [2.75, 3.05) is 11.9 Å². The first-order valence-electron chi connectivity index (χ1n) is 6.17. The van der Waals surface area contributed by atoms with Crippen molar-refractivity contribution in [3.05, 3.63) is 42.4 Å². The molecule has 0 aliphatic rings. The Morgan fingerprint density at radius 2 is 2.38 bits per heavy atom. The maximum Gasteiger partial charge on any atom is 0.292 e. The van der Waals surface area contributed by atoms with Crippen molar-refractivity contribution in [1.29, 1.82) is 0 Å². The summed E-state index contributed by atoms with van der Waals surface area (Å²) in [7, 11) is 0. The Bertz CT molecular complexity index is 812. The number of carbonyl (C=O) groups is 1. The molecule has 21 heavy (non-hydrogen) atoms. The molecule has 0 bridgehead atoms. The second kappa shape index (κ2) is 5.43. The van der Waals surface area contributed by atoms with Gasteiger partial charge < -0.3 is 14.5 Å². The van der Waals surface area contributed by atoms with Crippen molar-refractivity contribution < 1.29 is 13.9 Å². The van der Waals surface area contributed by atoms with Gasteiger partial charge in [-0.15, -0.1) is 6.42 Å². The molecule has 0 spiro atoms. The largest absolute Gasteiger partial charge is 0.481 e. The smallest absolute Gasteiger partial charge is 0.292 e. The Morgan fingerprint density at radius 1 is 1.48 bits per heavy atom. The van der Waals surface area contributed by atoms with Gasteiger partial charge in [0.25, 0.3) is 5.91 Å². The third-order valence-electron chi connectivity index (χ3n) is 2.83. The molecular formula is C15H11N3O3. The highest BCUT2D eigenvalue weighted by Crippen LogP contribution is 2.25. The number of anilines is 1. The van der Waals surface area contributed by atoms with Gasteiger partial charge in [0.15, 0.2) is 11.6 Å². The van der Waals surface area contributed by atoms with Crippen LogP contribution >= 0.6 is 0 Å². The highest BCUT2D eigenvalue weighted by Gasteiger charge is 2.13. The lowest BCUT2D eigenvalue weighted by molar-refractivity contribution is 0.0996. The lowest BCUT2D eigenvalue weighted by Crippen LogP contribution is -2.11. The van der Waals surface area contributed by atoms with Crippen LogP contribution in [0.5, 0.6) is 5.75 Å². The van der Waals surface area contributed by atoms with Crippen LogP contribution in [0.4, 0.5) is 5.82 Å². The molecular weight excluding hydrogens is 270 g/mol. The number of hydrogen-bond acceptors (Lipinski definition) is 4. The minimum Gasteiger partial charge on any atom is -0.481 e. The third kappa shape index (κ3) is 2.58. The van der Waals surface area contributed by atoms with Crippen LogP contribution < -0.4 is 10.1 Å². The van der Waals surface area contributed by atoms with Crippen LogP contribution in [0.15, 0.2) is 41.0 Å². The second-order valence-electron chi connectivity index (χ2n) is 4.20. The summed E-state index contributed by atoms with van der Waals surface area (Å²) in [6, 6.07) is 8.55. The normalized spacial score (nSPS) is 10.2. The molecule has 2 aromatic heterocycles. The van der Waals surface area contributed by atoms with Crippen LogP contribution in [0.1, 0.15) is 10.6 Å². The number of H-pyrrole nitrogens is 1. The topological polar surface area (TPSA) is 80.2 Å². The number of aromatic amines is 1. The van der Waals surface area contributed by atoms with Crippen LogP contribution in [-0.4, -0.2) is 22.7 Å². The Hall–Kier alpha value is -3.20. The number of carbonyl (C=O) groups excluding carboxylic acids is 1. The van der Waals surface area contributed by atoms with E-state index in [9.17, 15) is 4.79 Å². The lowest BCUT2D eigenvalue weighted by Gasteiger charge is -2.02. The van der Waals surface area contributed by atoms with Crippen molar-refractivity contribution in [3.8, 4) is 18.1 Å².